The summed E-state index contributed by atoms with van der Waals surface area (Å²) in [4.78, 5) is 12.0. The highest BCUT2D eigenvalue weighted by Crippen LogP contribution is 2.03. The molecule has 0 spiro atoms. The molecule has 0 aromatic carbocycles. The van der Waals surface area contributed by atoms with Gasteiger partial charge >= 0.3 is 0 Å². The van der Waals surface area contributed by atoms with Gasteiger partial charge in [-0.25, -0.2) is 0 Å². The van der Waals surface area contributed by atoms with Crippen molar-refractivity contribution in [2.24, 2.45) is 4.99 Å². The zero-order valence-corrected chi connectivity index (χ0v) is 7.51. The Labute approximate surface area is 77.6 Å². The Balaban J connectivity index is 2.70. The lowest BCUT2D eigenvalue weighted by Crippen LogP contribution is -1.88. The van der Waals surface area contributed by atoms with Gasteiger partial charge in [-0.15, -0.1) is 0 Å². The first-order valence-electron chi connectivity index (χ1n) is 3.94. The zero-order chi connectivity index (χ0) is 9.52. The van der Waals surface area contributed by atoms with Crippen molar-refractivity contribution in [1.82, 2.24) is 9.97 Å². The van der Waals surface area contributed by atoms with E-state index in [1.807, 2.05) is 13.0 Å². The first kappa shape index (κ1) is 9.32. The molecule has 0 saturated heterocycles. The Bertz CT molecular complexity index is 325. The Morgan fingerprint density at radius 2 is 2.38 bits per heavy atom. The van der Waals surface area contributed by atoms with E-state index in [9.17, 15) is 0 Å². The van der Waals surface area contributed by atoms with Crippen LogP contribution >= 0.6 is 0 Å². The smallest absolute Gasteiger partial charge is 0.0894 e. The Morgan fingerprint density at radius 1 is 1.54 bits per heavy atom. The molecule has 0 aliphatic carbocycles. The summed E-state index contributed by atoms with van der Waals surface area (Å²) in [6.07, 6.45) is 10.1. The van der Waals surface area contributed by atoms with Gasteiger partial charge in [0.05, 0.1) is 11.9 Å². The molecule has 0 radical (unpaired) electrons. The van der Waals surface area contributed by atoms with Crippen LogP contribution in [-0.2, 0) is 0 Å². The number of nitrogens with zero attached hydrogens (tertiary/aromatic N) is 3. The second-order valence-corrected chi connectivity index (χ2v) is 2.38. The van der Waals surface area contributed by atoms with E-state index in [1.165, 1.54) is 0 Å². The fourth-order valence-electron chi connectivity index (χ4n) is 0.750. The molecule has 66 valence electrons. The van der Waals surface area contributed by atoms with Crippen molar-refractivity contribution < 1.29 is 0 Å². The van der Waals surface area contributed by atoms with Crippen molar-refractivity contribution in [1.29, 1.82) is 0 Å². The average molecular weight is 173 g/mol. The number of hydrogen-bond donors (Lipinski definition) is 0. The van der Waals surface area contributed by atoms with Crippen LogP contribution in [0.4, 0.5) is 0 Å². The Kier molecular flexibility index (Phi) is 3.57. The number of rotatable bonds is 3. The van der Waals surface area contributed by atoms with Gasteiger partial charge in [-0.05, 0) is 6.92 Å². The van der Waals surface area contributed by atoms with Crippen molar-refractivity contribution in [2.45, 2.75) is 6.92 Å². The van der Waals surface area contributed by atoms with Gasteiger partial charge in [0.15, 0.2) is 0 Å². The molecule has 3 nitrogen and oxygen atoms in total. The van der Waals surface area contributed by atoms with E-state index in [0.29, 0.717) is 0 Å². The van der Waals surface area contributed by atoms with E-state index >= 15 is 0 Å². The van der Waals surface area contributed by atoms with Gasteiger partial charge in [0, 0.05) is 30.4 Å². The fraction of sp³-hybridized carbons (Fsp3) is 0.100. The molecule has 0 saturated carbocycles. The summed E-state index contributed by atoms with van der Waals surface area (Å²) in [6.45, 7) is 5.72. The van der Waals surface area contributed by atoms with Crippen molar-refractivity contribution in [3.63, 3.8) is 0 Å². The van der Waals surface area contributed by atoms with Gasteiger partial charge in [0.2, 0.25) is 0 Å². The quantitative estimate of drug-likeness (QED) is 0.656. The van der Waals surface area contributed by atoms with E-state index in [0.717, 1.165) is 11.3 Å². The second kappa shape index (κ2) is 4.98. The predicted molar refractivity (Wildman–Crippen MR) is 54.4 cm³/mol. The van der Waals surface area contributed by atoms with Crippen molar-refractivity contribution in [2.75, 3.05) is 0 Å². The third kappa shape index (κ3) is 2.99. The summed E-state index contributed by atoms with van der Waals surface area (Å²) in [6, 6.07) is 0. The Hall–Kier alpha value is -1.77. The highest BCUT2D eigenvalue weighted by molar-refractivity contribution is 6.07. The van der Waals surface area contributed by atoms with Crippen LogP contribution in [0.1, 0.15) is 12.6 Å². The van der Waals surface area contributed by atoms with Gasteiger partial charge in [0.1, 0.15) is 0 Å². The van der Waals surface area contributed by atoms with Crippen molar-refractivity contribution in [3.8, 4) is 0 Å². The average Bonchev–Trinajstić information content (AvgIpc) is 2.19. The van der Waals surface area contributed by atoms with Gasteiger partial charge in [-0.3, -0.25) is 15.0 Å². The summed E-state index contributed by atoms with van der Waals surface area (Å²) >= 11 is 0. The van der Waals surface area contributed by atoms with Crippen LogP contribution < -0.4 is 0 Å². The molecule has 0 aliphatic heterocycles. The molecule has 0 fully saturated rings. The van der Waals surface area contributed by atoms with Gasteiger partial charge in [0.25, 0.3) is 0 Å². The molecular weight excluding hydrogens is 162 g/mol. The summed E-state index contributed by atoms with van der Waals surface area (Å²) in [7, 11) is 0. The van der Waals surface area contributed by atoms with Gasteiger partial charge in [-0.1, -0.05) is 12.7 Å². The van der Waals surface area contributed by atoms with Gasteiger partial charge in [-0.2, -0.15) is 0 Å². The SMILES string of the molecule is C=C(/C=N\C=C/C)c1cnccn1. The van der Waals surface area contributed by atoms with Gasteiger partial charge < -0.3 is 0 Å². The standard InChI is InChI=1S/C10H11N3/c1-3-4-11-7-9(2)10-8-12-5-6-13-10/h3-8H,2H2,1H3/b4-3-,11-7-. The lowest BCUT2D eigenvalue weighted by atomic mass is 10.2. The van der Waals surface area contributed by atoms with Crippen molar-refractivity contribution in [3.05, 3.63) is 43.1 Å². The predicted octanol–water partition coefficient (Wildman–Crippen LogP) is 2.09. The summed E-state index contributed by atoms with van der Waals surface area (Å²) < 4.78 is 0. The monoisotopic (exact) mass is 173 g/mol. The first-order chi connectivity index (χ1) is 6.34. The normalized spacial score (nSPS) is 11.2. The lowest BCUT2D eigenvalue weighted by Gasteiger charge is -1.94. The first-order valence-corrected chi connectivity index (χ1v) is 3.94. The summed E-state index contributed by atoms with van der Waals surface area (Å²) in [5, 5.41) is 0. The number of hydrogen-bond acceptors (Lipinski definition) is 3. The maximum absolute atomic E-state index is 4.08. The minimum Gasteiger partial charge on any atom is -0.264 e. The van der Waals surface area contributed by atoms with E-state index in [1.54, 1.807) is 31.0 Å². The molecule has 1 heterocycles. The van der Waals surface area contributed by atoms with Crippen LogP contribution in [-0.4, -0.2) is 16.2 Å². The minimum absolute atomic E-state index is 0.746. The maximum atomic E-state index is 4.08. The third-order valence-electron chi connectivity index (χ3n) is 1.36. The molecule has 13 heavy (non-hydrogen) atoms. The number of allylic oxidation sites excluding steroid dienone is 2. The molecule has 1 aromatic heterocycles. The lowest BCUT2D eigenvalue weighted by molar-refractivity contribution is 1.18. The summed E-state index contributed by atoms with van der Waals surface area (Å²) in [5.41, 5.74) is 1.50. The number of aliphatic imine (C=N–C) groups is 1. The highest BCUT2D eigenvalue weighted by Gasteiger charge is 1.94. The van der Waals surface area contributed by atoms with Crippen LogP contribution in [0, 0.1) is 0 Å². The fourth-order valence-corrected chi connectivity index (χ4v) is 0.750. The van der Waals surface area contributed by atoms with Crippen LogP contribution in [0.5, 0.6) is 0 Å². The molecule has 3 heteroatoms. The molecule has 1 rings (SSSR count). The highest BCUT2D eigenvalue weighted by atomic mass is 14.8. The van der Waals surface area contributed by atoms with Crippen LogP contribution in [0.25, 0.3) is 5.57 Å². The molecule has 0 aliphatic rings. The molecule has 0 atom stereocenters. The van der Waals surface area contributed by atoms with E-state index in [2.05, 4.69) is 21.5 Å². The zero-order valence-electron chi connectivity index (χ0n) is 7.51. The molecule has 0 amide bonds. The van der Waals surface area contributed by atoms with E-state index < -0.39 is 0 Å². The minimum atomic E-state index is 0.746. The van der Waals surface area contributed by atoms with E-state index in [4.69, 9.17) is 0 Å². The summed E-state index contributed by atoms with van der Waals surface area (Å²) in [5.74, 6) is 0. The largest absolute Gasteiger partial charge is 0.264 e. The van der Waals surface area contributed by atoms with Crippen LogP contribution in [0.15, 0.2) is 42.4 Å². The molecule has 0 N–H and O–H groups in total. The Morgan fingerprint density at radius 3 is 3.00 bits per heavy atom. The van der Waals surface area contributed by atoms with Crippen molar-refractivity contribution >= 4 is 11.8 Å². The second-order valence-electron chi connectivity index (χ2n) is 2.38. The third-order valence-corrected chi connectivity index (χ3v) is 1.36. The topological polar surface area (TPSA) is 38.1 Å². The molecular formula is C10H11N3. The number of aromatic nitrogens is 2. The maximum Gasteiger partial charge on any atom is 0.0894 e. The van der Waals surface area contributed by atoms with E-state index in [-0.39, 0.29) is 0 Å². The van der Waals surface area contributed by atoms with Crippen LogP contribution in [0.3, 0.4) is 0 Å². The van der Waals surface area contributed by atoms with Crippen LogP contribution in [0.2, 0.25) is 0 Å². The molecule has 1 aromatic rings. The molecule has 0 unspecified atom stereocenters. The molecule has 0 bridgehead atoms.